The van der Waals surface area contributed by atoms with E-state index in [9.17, 15) is 0 Å². The van der Waals surface area contributed by atoms with Crippen molar-refractivity contribution in [3.8, 4) is 0 Å². The number of rotatable bonds is 9. The number of nitrogens with zero attached hydrogens (tertiary/aromatic N) is 1. The molecule has 16 heavy (non-hydrogen) atoms. The van der Waals surface area contributed by atoms with Crippen LogP contribution in [0.3, 0.4) is 0 Å². The van der Waals surface area contributed by atoms with Crippen LogP contribution in [0.4, 0.5) is 0 Å². The molecule has 2 atom stereocenters. The molecule has 1 fully saturated rings. The molecule has 1 N–H and O–H groups in total. The number of hydrogen-bond donors (Lipinski definition) is 1. The van der Waals surface area contributed by atoms with Crippen LogP contribution >= 0.6 is 0 Å². The Labute approximate surface area is 102 Å². The van der Waals surface area contributed by atoms with E-state index in [0.717, 1.165) is 12.0 Å². The van der Waals surface area contributed by atoms with Crippen LogP contribution in [0, 0.1) is 5.92 Å². The highest BCUT2D eigenvalue weighted by Crippen LogP contribution is 2.32. The van der Waals surface area contributed by atoms with Crippen molar-refractivity contribution >= 4 is 0 Å². The van der Waals surface area contributed by atoms with E-state index in [1.807, 2.05) is 0 Å². The summed E-state index contributed by atoms with van der Waals surface area (Å²) >= 11 is 0. The van der Waals surface area contributed by atoms with Crippen molar-refractivity contribution < 1.29 is 0 Å². The van der Waals surface area contributed by atoms with Gasteiger partial charge in [0, 0.05) is 12.1 Å². The molecule has 0 heterocycles. The van der Waals surface area contributed by atoms with Crippen LogP contribution in [0.25, 0.3) is 0 Å². The van der Waals surface area contributed by atoms with Gasteiger partial charge in [-0.2, -0.15) is 0 Å². The summed E-state index contributed by atoms with van der Waals surface area (Å²) in [7, 11) is 0. The van der Waals surface area contributed by atoms with E-state index in [4.69, 9.17) is 0 Å². The maximum atomic E-state index is 3.73. The van der Waals surface area contributed by atoms with Crippen molar-refractivity contribution in [2.24, 2.45) is 5.92 Å². The quantitative estimate of drug-likeness (QED) is 0.650. The third kappa shape index (κ3) is 5.31. The average Bonchev–Trinajstić information content (AvgIpc) is 3.08. The average molecular weight is 226 g/mol. The van der Waals surface area contributed by atoms with Gasteiger partial charge in [0.05, 0.1) is 0 Å². The molecule has 0 amide bonds. The summed E-state index contributed by atoms with van der Waals surface area (Å²) in [6.07, 6.45) is 5.53. The van der Waals surface area contributed by atoms with Gasteiger partial charge >= 0.3 is 0 Å². The Morgan fingerprint density at radius 2 is 1.81 bits per heavy atom. The van der Waals surface area contributed by atoms with E-state index in [0.29, 0.717) is 6.04 Å². The second kappa shape index (κ2) is 7.29. The van der Waals surface area contributed by atoms with Gasteiger partial charge in [0.25, 0.3) is 0 Å². The zero-order valence-corrected chi connectivity index (χ0v) is 11.6. The summed E-state index contributed by atoms with van der Waals surface area (Å²) in [5, 5.41) is 3.73. The molecule has 0 aliphatic heterocycles. The van der Waals surface area contributed by atoms with Crippen LogP contribution in [0.15, 0.2) is 0 Å². The zero-order chi connectivity index (χ0) is 12.0. The Bertz CT molecular complexity index is 174. The lowest BCUT2D eigenvalue weighted by atomic mass is 10.1. The monoisotopic (exact) mass is 226 g/mol. The van der Waals surface area contributed by atoms with Gasteiger partial charge in [0.2, 0.25) is 0 Å². The van der Waals surface area contributed by atoms with Crippen LogP contribution in [0.2, 0.25) is 0 Å². The molecule has 2 nitrogen and oxygen atoms in total. The molecule has 0 saturated heterocycles. The Morgan fingerprint density at radius 3 is 2.31 bits per heavy atom. The summed E-state index contributed by atoms with van der Waals surface area (Å²) in [6, 6.07) is 1.43. The van der Waals surface area contributed by atoms with Crippen LogP contribution in [-0.4, -0.2) is 36.6 Å². The summed E-state index contributed by atoms with van der Waals surface area (Å²) in [5.41, 5.74) is 0. The third-order valence-electron chi connectivity index (χ3n) is 3.88. The Morgan fingerprint density at radius 1 is 1.19 bits per heavy atom. The van der Waals surface area contributed by atoms with E-state index in [1.54, 1.807) is 0 Å². The Kier molecular flexibility index (Phi) is 6.37. The highest BCUT2D eigenvalue weighted by molar-refractivity contribution is 4.84. The first kappa shape index (κ1) is 14.0. The SMILES string of the molecule is CCN(CC)CCCC(C)NC(C)C1CC1. The molecule has 1 saturated carbocycles. The van der Waals surface area contributed by atoms with Crippen molar-refractivity contribution in [1.29, 1.82) is 0 Å². The predicted octanol–water partition coefficient (Wildman–Crippen LogP) is 2.89. The van der Waals surface area contributed by atoms with Crippen LogP contribution < -0.4 is 5.32 Å². The fraction of sp³-hybridized carbons (Fsp3) is 1.00. The van der Waals surface area contributed by atoms with Gasteiger partial charge in [0.15, 0.2) is 0 Å². The molecule has 0 aromatic carbocycles. The number of nitrogens with one attached hydrogen (secondary N) is 1. The van der Waals surface area contributed by atoms with Gasteiger partial charge in [-0.1, -0.05) is 13.8 Å². The summed E-state index contributed by atoms with van der Waals surface area (Å²) in [5.74, 6) is 0.977. The molecule has 96 valence electrons. The molecule has 0 aromatic rings. The molecule has 1 aliphatic rings. The van der Waals surface area contributed by atoms with Crippen LogP contribution in [0.1, 0.15) is 53.4 Å². The normalized spacial score (nSPS) is 20.1. The highest BCUT2D eigenvalue weighted by Gasteiger charge is 2.28. The van der Waals surface area contributed by atoms with Crippen molar-refractivity contribution in [3.05, 3.63) is 0 Å². The molecule has 1 rings (SSSR count). The Hall–Kier alpha value is -0.0800. The minimum atomic E-state index is 0.686. The first-order chi connectivity index (χ1) is 7.67. The van der Waals surface area contributed by atoms with Crippen molar-refractivity contribution in [3.63, 3.8) is 0 Å². The van der Waals surface area contributed by atoms with E-state index in [-0.39, 0.29) is 0 Å². The van der Waals surface area contributed by atoms with Gasteiger partial charge in [-0.3, -0.25) is 0 Å². The first-order valence-electron chi connectivity index (χ1n) is 7.15. The van der Waals surface area contributed by atoms with Gasteiger partial charge in [-0.25, -0.2) is 0 Å². The lowest BCUT2D eigenvalue weighted by molar-refractivity contribution is 0.287. The summed E-state index contributed by atoms with van der Waals surface area (Å²) in [6.45, 7) is 12.8. The summed E-state index contributed by atoms with van der Waals surface area (Å²) < 4.78 is 0. The minimum absolute atomic E-state index is 0.686. The second-order valence-corrected chi connectivity index (χ2v) is 5.36. The predicted molar refractivity (Wildman–Crippen MR) is 71.8 cm³/mol. The lowest BCUT2D eigenvalue weighted by Crippen LogP contribution is -2.36. The van der Waals surface area contributed by atoms with E-state index in [1.165, 1.54) is 45.3 Å². The van der Waals surface area contributed by atoms with Crippen molar-refractivity contribution in [2.75, 3.05) is 19.6 Å². The first-order valence-corrected chi connectivity index (χ1v) is 7.15. The second-order valence-electron chi connectivity index (χ2n) is 5.36. The molecular formula is C14H30N2. The van der Waals surface area contributed by atoms with Gasteiger partial charge in [0.1, 0.15) is 0 Å². The molecule has 0 radical (unpaired) electrons. The maximum absolute atomic E-state index is 3.73. The smallest absolute Gasteiger partial charge is 0.00694 e. The molecule has 1 aliphatic carbocycles. The molecule has 2 heteroatoms. The largest absolute Gasteiger partial charge is 0.312 e. The molecule has 2 unspecified atom stereocenters. The van der Waals surface area contributed by atoms with E-state index >= 15 is 0 Å². The summed E-state index contributed by atoms with van der Waals surface area (Å²) in [4.78, 5) is 2.51. The number of hydrogen-bond acceptors (Lipinski definition) is 2. The molecule has 0 spiro atoms. The van der Waals surface area contributed by atoms with E-state index < -0.39 is 0 Å². The fourth-order valence-corrected chi connectivity index (χ4v) is 2.43. The fourth-order valence-electron chi connectivity index (χ4n) is 2.43. The van der Waals surface area contributed by atoms with Crippen LogP contribution in [-0.2, 0) is 0 Å². The van der Waals surface area contributed by atoms with Gasteiger partial charge < -0.3 is 10.2 Å². The van der Waals surface area contributed by atoms with Crippen molar-refractivity contribution in [1.82, 2.24) is 10.2 Å². The molecule has 0 bridgehead atoms. The van der Waals surface area contributed by atoms with Gasteiger partial charge in [-0.15, -0.1) is 0 Å². The third-order valence-corrected chi connectivity index (χ3v) is 3.88. The van der Waals surface area contributed by atoms with Gasteiger partial charge in [-0.05, 0) is 65.1 Å². The topological polar surface area (TPSA) is 15.3 Å². The minimum Gasteiger partial charge on any atom is -0.312 e. The Balaban J connectivity index is 2.02. The standard InChI is InChI=1S/C14H30N2/c1-5-16(6-2)11-7-8-12(3)15-13(4)14-9-10-14/h12-15H,5-11H2,1-4H3. The maximum Gasteiger partial charge on any atom is 0.00694 e. The highest BCUT2D eigenvalue weighted by atomic mass is 15.1. The zero-order valence-electron chi connectivity index (χ0n) is 11.6. The molecular weight excluding hydrogens is 196 g/mol. The van der Waals surface area contributed by atoms with Crippen LogP contribution in [0.5, 0.6) is 0 Å². The van der Waals surface area contributed by atoms with Crippen molar-refractivity contribution in [2.45, 2.75) is 65.5 Å². The van der Waals surface area contributed by atoms with E-state index in [2.05, 4.69) is 37.9 Å². The molecule has 0 aromatic heterocycles. The lowest BCUT2D eigenvalue weighted by Gasteiger charge is -2.22.